The molecule has 0 atom stereocenters. The van der Waals surface area contributed by atoms with Crippen LogP contribution in [0.15, 0.2) is 12.2 Å². The molecule has 0 aromatic rings. The summed E-state index contributed by atoms with van der Waals surface area (Å²) in [6.45, 7) is 3.72. The molecule has 0 saturated heterocycles. The Morgan fingerprint density at radius 2 is 2.08 bits per heavy atom. The number of carbonyl (C=O) groups excluding carboxylic acids is 1. The maximum absolute atomic E-state index is 11.6. The van der Waals surface area contributed by atoms with Gasteiger partial charge in [-0.25, -0.2) is 0 Å². The predicted molar refractivity (Wildman–Crippen MR) is 54.8 cm³/mol. The van der Waals surface area contributed by atoms with Gasteiger partial charge in [-0.3, -0.25) is 4.79 Å². The van der Waals surface area contributed by atoms with E-state index in [9.17, 15) is 4.79 Å². The van der Waals surface area contributed by atoms with Gasteiger partial charge in [-0.05, 0) is 26.7 Å². The summed E-state index contributed by atoms with van der Waals surface area (Å²) in [6, 6.07) is 0.287. The molecule has 1 aliphatic rings. The molecule has 13 heavy (non-hydrogen) atoms. The van der Waals surface area contributed by atoms with E-state index < -0.39 is 5.41 Å². The summed E-state index contributed by atoms with van der Waals surface area (Å²) in [6.07, 6.45) is 6.09. The van der Waals surface area contributed by atoms with Crippen LogP contribution in [0.2, 0.25) is 0 Å². The second-order valence-electron chi connectivity index (χ2n) is 4.13. The largest absolute Gasteiger partial charge is 0.352 e. The third-order valence-electron chi connectivity index (χ3n) is 2.29. The van der Waals surface area contributed by atoms with Gasteiger partial charge in [-0.1, -0.05) is 12.2 Å². The topological polar surface area (TPSA) is 29.1 Å². The van der Waals surface area contributed by atoms with E-state index in [1.165, 1.54) is 0 Å². The minimum atomic E-state index is -0.454. The summed E-state index contributed by atoms with van der Waals surface area (Å²) in [4.78, 5) is 11.6. The van der Waals surface area contributed by atoms with E-state index in [0.29, 0.717) is 5.88 Å². The lowest BCUT2D eigenvalue weighted by Crippen LogP contribution is -2.42. The van der Waals surface area contributed by atoms with Crippen molar-refractivity contribution in [2.45, 2.75) is 32.7 Å². The molecule has 0 heterocycles. The van der Waals surface area contributed by atoms with E-state index in [0.717, 1.165) is 12.8 Å². The Labute approximate surface area is 84.3 Å². The lowest BCUT2D eigenvalue weighted by atomic mass is 9.94. The monoisotopic (exact) mass is 201 g/mol. The second-order valence-corrected chi connectivity index (χ2v) is 4.40. The number of amides is 1. The first-order valence-electron chi connectivity index (χ1n) is 4.58. The van der Waals surface area contributed by atoms with Gasteiger partial charge in [0.05, 0.1) is 5.41 Å². The van der Waals surface area contributed by atoms with Crippen LogP contribution in [-0.4, -0.2) is 17.8 Å². The third kappa shape index (κ3) is 2.73. The average molecular weight is 202 g/mol. The van der Waals surface area contributed by atoms with Crippen molar-refractivity contribution in [1.29, 1.82) is 0 Å². The van der Waals surface area contributed by atoms with E-state index in [4.69, 9.17) is 11.6 Å². The van der Waals surface area contributed by atoms with E-state index in [1.807, 2.05) is 13.8 Å². The average Bonchev–Trinajstić information content (AvgIpc) is 2.57. The first-order chi connectivity index (χ1) is 6.06. The molecule has 0 saturated carbocycles. The van der Waals surface area contributed by atoms with Crippen molar-refractivity contribution >= 4 is 17.5 Å². The number of rotatable bonds is 3. The highest BCUT2D eigenvalue weighted by atomic mass is 35.5. The van der Waals surface area contributed by atoms with Crippen LogP contribution in [0.4, 0.5) is 0 Å². The molecule has 1 aliphatic carbocycles. The van der Waals surface area contributed by atoms with Crippen molar-refractivity contribution in [2.24, 2.45) is 5.41 Å². The summed E-state index contributed by atoms with van der Waals surface area (Å²) < 4.78 is 0. The summed E-state index contributed by atoms with van der Waals surface area (Å²) in [7, 11) is 0. The van der Waals surface area contributed by atoms with Crippen LogP contribution in [0.3, 0.4) is 0 Å². The van der Waals surface area contributed by atoms with Gasteiger partial charge < -0.3 is 5.32 Å². The molecule has 2 nitrogen and oxygen atoms in total. The van der Waals surface area contributed by atoms with Gasteiger partial charge in [0.1, 0.15) is 0 Å². The van der Waals surface area contributed by atoms with Crippen molar-refractivity contribution < 1.29 is 4.79 Å². The van der Waals surface area contributed by atoms with Gasteiger partial charge in [0.2, 0.25) is 5.91 Å². The second kappa shape index (κ2) is 4.14. The van der Waals surface area contributed by atoms with Crippen LogP contribution in [0.25, 0.3) is 0 Å². The van der Waals surface area contributed by atoms with Crippen LogP contribution in [0.5, 0.6) is 0 Å². The zero-order valence-corrected chi connectivity index (χ0v) is 8.90. The zero-order valence-electron chi connectivity index (χ0n) is 8.14. The SMILES string of the molecule is CC(C)(CCl)C(=O)NC1CC=CC1. The van der Waals surface area contributed by atoms with Crippen LogP contribution in [-0.2, 0) is 4.79 Å². The summed E-state index contributed by atoms with van der Waals surface area (Å²) >= 11 is 5.70. The zero-order chi connectivity index (χ0) is 9.90. The number of hydrogen-bond acceptors (Lipinski definition) is 1. The first kappa shape index (κ1) is 10.6. The highest BCUT2D eigenvalue weighted by Crippen LogP contribution is 2.19. The molecule has 74 valence electrons. The van der Waals surface area contributed by atoms with E-state index in [2.05, 4.69) is 17.5 Å². The summed E-state index contributed by atoms with van der Waals surface area (Å²) in [5.41, 5.74) is -0.454. The maximum Gasteiger partial charge on any atom is 0.227 e. The van der Waals surface area contributed by atoms with Crippen LogP contribution in [0.1, 0.15) is 26.7 Å². The minimum Gasteiger partial charge on any atom is -0.352 e. The molecular formula is C10H16ClNO. The van der Waals surface area contributed by atoms with Crippen molar-refractivity contribution in [2.75, 3.05) is 5.88 Å². The number of halogens is 1. The van der Waals surface area contributed by atoms with Gasteiger partial charge in [-0.2, -0.15) is 0 Å². The first-order valence-corrected chi connectivity index (χ1v) is 5.11. The Hall–Kier alpha value is -0.500. The van der Waals surface area contributed by atoms with Crippen molar-refractivity contribution in [3.05, 3.63) is 12.2 Å². The molecule has 0 unspecified atom stereocenters. The fourth-order valence-electron chi connectivity index (χ4n) is 1.18. The van der Waals surface area contributed by atoms with Crippen LogP contribution in [0, 0.1) is 5.41 Å². The lowest BCUT2D eigenvalue weighted by Gasteiger charge is -2.23. The number of carbonyl (C=O) groups is 1. The standard InChI is InChI=1S/C10H16ClNO/c1-10(2,7-11)9(13)12-8-5-3-4-6-8/h3-4,8H,5-7H2,1-2H3,(H,12,13). The Balaban J connectivity index is 2.40. The molecule has 0 fully saturated rings. The Kier molecular flexibility index (Phi) is 3.37. The molecule has 3 heteroatoms. The summed E-state index contributed by atoms with van der Waals surface area (Å²) in [5.74, 6) is 0.412. The van der Waals surface area contributed by atoms with Gasteiger partial charge in [0.25, 0.3) is 0 Å². The molecule has 1 N–H and O–H groups in total. The minimum absolute atomic E-state index is 0.0520. The lowest BCUT2D eigenvalue weighted by molar-refractivity contribution is -0.128. The Morgan fingerprint density at radius 1 is 1.54 bits per heavy atom. The highest BCUT2D eigenvalue weighted by Gasteiger charge is 2.28. The van der Waals surface area contributed by atoms with Crippen molar-refractivity contribution in [3.8, 4) is 0 Å². The number of hydrogen-bond donors (Lipinski definition) is 1. The molecule has 1 amide bonds. The molecule has 0 aromatic heterocycles. The third-order valence-corrected chi connectivity index (χ3v) is 2.96. The van der Waals surface area contributed by atoms with Gasteiger partial charge in [-0.15, -0.1) is 11.6 Å². The van der Waals surface area contributed by atoms with Gasteiger partial charge in [0, 0.05) is 11.9 Å². The van der Waals surface area contributed by atoms with Gasteiger partial charge >= 0.3 is 0 Å². The van der Waals surface area contributed by atoms with Crippen molar-refractivity contribution in [1.82, 2.24) is 5.32 Å². The smallest absolute Gasteiger partial charge is 0.227 e. The van der Waals surface area contributed by atoms with Crippen molar-refractivity contribution in [3.63, 3.8) is 0 Å². The Bertz CT molecular complexity index is 215. The fraction of sp³-hybridized carbons (Fsp3) is 0.700. The quantitative estimate of drug-likeness (QED) is 0.550. The molecular weight excluding hydrogens is 186 g/mol. The predicted octanol–water partition coefficient (Wildman–Crippen LogP) is 2.09. The molecule has 0 aromatic carbocycles. The van der Waals surface area contributed by atoms with E-state index >= 15 is 0 Å². The molecule has 0 bridgehead atoms. The Morgan fingerprint density at radius 3 is 2.54 bits per heavy atom. The number of nitrogens with one attached hydrogen (secondary N) is 1. The molecule has 0 aliphatic heterocycles. The van der Waals surface area contributed by atoms with E-state index in [1.54, 1.807) is 0 Å². The van der Waals surface area contributed by atoms with Gasteiger partial charge in [0.15, 0.2) is 0 Å². The summed E-state index contributed by atoms with van der Waals surface area (Å²) in [5, 5.41) is 2.98. The normalized spacial score (nSPS) is 17.8. The number of alkyl halides is 1. The molecule has 0 radical (unpaired) electrons. The van der Waals surface area contributed by atoms with E-state index in [-0.39, 0.29) is 11.9 Å². The van der Waals surface area contributed by atoms with Crippen LogP contribution >= 0.6 is 11.6 Å². The molecule has 1 rings (SSSR count). The van der Waals surface area contributed by atoms with Crippen LogP contribution < -0.4 is 5.32 Å². The maximum atomic E-state index is 11.6. The fourth-order valence-corrected chi connectivity index (χ4v) is 1.30. The highest BCUT2D eigenvalue weighted by molar-refractivity contribution is 6.19. The molecule has 0 spiro atoms.